The fraction of sp³-hybridized carbons (Fsp3) is 0.125. The molecule has 22 heavy (non-hydrogen) atoms. The smallest absolute Gasteiger partial charge is 0.319 e. The summed E-state index contributed by atoms with van der Waals surface area (Å²) in [6.45, 7) is 1.81. The lowest BCUT2D eigenvalue weighted by Gasteiger charge is -2.09. The van der Waals surface area contributed by atoms with Crippen LogP contribution in [0.3, 0.4) is 0 Å². The SMILES string of the molecule is Cc1cccc(NC(=O)CNC(=O)Nc2cccc(Cl)c2)c1. The Morgan fingerprint density at radius 3 is 2.36 bits per heavy atom. The third kappa shape index (κ3) is 5.10. The molecule has 2 aromatic rings. The Morgan fingerprint density at radius 1 is 1.00 bits per heavy atom. The lowest BCUT2D eigenvalue weighted by atomic mass is 10.2. The first-order valence-electron chi connectivity index (χ1n) is 6.70. The summed E-state index contributed by atoms with van der Waals surface area (Å²) in [4.78, 5) is 23.4. The van der Waals surface area contributed by atoms with Crippen molar-refractivity contribution in [3.05, 3.63) is 59.1 Å². The van der Waals surface area contributed by atoms with E-state index in [9.17, 15) is 9.59 Å². The van der Waals surface area contributed by atoms with Crippen molar-refractivity contribution >= 4 is 34.9 Å². The maximum atomic E-state index is 11.8. The molecule has 0 heterocycles. The van der Waals surface area contributed by atoms with Crippen LogP contribution in [0.2, 0.25) is 5.02 Å². The number of nitrogens with one attached hydrogen (secondary N) is 3. The van der Waals surface area contributed by atoms with E-state index in [-0.39, 0.29) is 12.5 Å². The van der Waals surface area contributed by atoms with Gasteiger partial charge in [0.05, 0.1) is 6.54 Å². The highest BCUT2D eigenvalue weighted by molar-refractivity contribution is 6.30. The first-order chi connectivity index (χ1) is 10.5. The number of carbonyl (C=O) groups is 2. The van der Waals surface area contributed by atoms with Gasteiger partial charge in [0.1, 0.15) is 0 Å². The van der Waals surface area contributed by atoms with Crippen LogP contribution in [0.1, 0.15) is 5.56 Å². The second kappa shape index (κ2) is 7.47. The molecule has 0 aliphatic carbocycles. The van der Waals surface area contributed by atoms with Crippen molar-refractivity contribution in [3.8, 4) is 0 Å². The molecule has 114 valence electrons. The van der Waals surface area contributed by atoms with E-state index in [1.54, 1.807) is 30.3 Å². The van der Waals surface area contributed by atoms with E-state index in [0.29, 0.717) is 16.4 Å². The molecule has 0 radical (unpaired) electrons. The highest BCUT2D eigenvalue weighted by atomic mass is 35.5. The van der Waals surface area contributed by atoms with Gasteiger partial charge in [0.15, 0.2) is 0 Å². The molecule has 0 spiro atoms. The van der Waals surface area contributed by atoms with E-state index in [1.165, 1.54) is 0 Å². The van der Waals surface area contributed by atoms with Crippen LogP contribution < -0.4 is 16.0 Å². The molecule has 0 unspecified atom stereocenters. The molecule has 0 saturated carbocycles. The summed E-state index contributed by atoms with van der Waals surface area (Å²) in [6.07, 6.45) is 0. The summed E-state index contributed by atoms with van der Waals surface area (Å²) in [6, 6.07) is 13.7. The van der Waals surface area contributed by atoms with Crippen LogP contribution in [0.5, 0.6) is 0 Å². The molecular weight excluding hydrogens is 302 g/mol. The zero-order valence-electron chi connectivity index (χ0n) is 12.0. The van der Waals surface area contributed by atoms with E-state index in [0.717, 1.165) is 5.56 Å². The van der Waals surface area contributed by atoms with Gasteiger partial charge in [-0.3, -0.25) is 4.79 Å². The molecule has 3 amide bonds. The van der Waals surface area contributed by atoms with Crippen molar-refractivity contribution in [2.24, 2.45) is 0 Å². The van der Waals surface area contributed by atoms with Crippen LogP contribution in [0.15, 0.2) is 48.5 Å². The van der Waals surface area contributed by atoms with E-state index < -0.39 is 6.03 Å². The largest absolute Gasteiger partial charge is 0.329 e. The van der Waals surface area contributed by atoms with Gasteiger partial charge in [-0.2, -0.15) is 0 Å². The average Bonchev–Trinajstić information content (AvgIpc) is 2.45. The van der Waals surface area contributed by atoms with Crippen molar-refractivity contribution in [1.29, 1.82) is 0 Å². The molecule has 0 bridgehead atoms. The second-order valence-electron chi connectivity index (χ2n) is 4.74. The maximum absolute atomic E-state index is 11.8. The van der Waals surface area contributed by atoms with Crippen molar-refractivity contribution in [2.45, 2.75) is 6.92 Å². The lowest BCUT2D eigenvalue weighted by Crippen LogP contribution is -2.35. The number of halogens is 1. The van der Waals surface area contributed by atoms with E-state index >= 15 is 0 Å². The minimum atomic E-state index is -0.471. The van der Waals surface area contributed by atoms with Crippen LogP contribution in [0.25, 0.3) is 0 Å². The Hall–Kier alpha value is -2.53. The molecule has 0 aromatic heterocycles. The number of anilines is 2. The Morgan fingerprint density at radius 2 is 1.68 bits per heavy atom. The molecule has 5 nitrogen and oxygen atoms in total. The molecule has 6 heteroatoms. The Labute approximate surface area is 133 Å². The molecule has 0 saturated heterocycles. The third-order valence-electron chi connectivity index (χ3n) is 2.79. The summed E-state index contributed by atoms with van der Waals surface area (Å²) >= 11 is 5.82. The summed E-state index contributed by atoms with van der Waals surface area (Å²) < 4.78 is 0. The topological polar surface area (TPSA) is 70.2 Å². The van der Waals surface area contributed by atoms with Crippen molar-refractivity contribution in [2.75, 3.05) is 17.2 Å². The maximum Gasteiger partial charge on any atom is 0.319 e. The standard InChI is InChI=1S/C16H16ClN3O2/c1-11-4-2-6-13(8-11)19-15(21)10-18-16(22)20-14-7-3-5-12(17)9-14/h2-9H,10H2,1H3,(H,19,21)(H2,18,20,22). The Kier molecular flexibility index (Phi) is 5.38. The van der Waals surface area contributed by atoms with Gasteiger partial charge in [0, 0.05) is 16.4 Å². The van der Waals surface area contributed by atoms with E-state index in [1.807, 2.05) is 25.1 Å². The first kappa shape index (κ1) is 15.9. The minimum absolute atomic E-state index is 0.125. The van der Waals surface area contributed by atoms with Crippen LogP contribution in [-0.4, -0.2) is 18.5 Å². The number of urea groups is 1. The number of aryl methyl sites for hydroxylation is 1. The second-order valence-corrected chi connectivity index (χ2v) is 5.17. The van der Waals surface area contributed by atoms with Crippen LogP contribution in [-0.2, 0) is 4.79 Å². The lowest BCUT2D eigenvalue weighted by molar-refractivity contribution is -0.115. The quantitative estimate of drug-likeness (QED) is 0.808. The van der Waals surface area contributed by atoms with Crippen molar-refractivity contribution < 1.29 is 9.59 Å². The van der Waals surface area contributed by atoms with E-state index in [4.69, 9.17) is 11.6 Å². The number of benzene rings is 2. The summed E-state index contributed by atoms with van der Waals surface area (Å²) in [5, 5.41) is 8.31. The number of rotatable bonds is 4. The van der Waals surface area contributed by atoms with Crippen LogP contribution >= 0.6 is 11.6 Å². The van der Waals surface area contributed by atoms with Crippen molar-refractivity contribution in [1.82, 2.24) is 5.32 Å². The van der Waals surface area contributed by atoms with Gasteiger partial charge in [-0.05, 0) is 42.8 Å². The fourth-order valence-electron chi connectivity index (χ4n) is 1.83. The summed E-state index contributed by atoms with van der Waals surface area (Å²) in [7, 11) is 0. The fourth-order valence-corrected chi connectivity index (χ4v) is 2.02. The van der Waals surface area contributed by atoms with Gasteiger partial charge in [-0.25, -0.2) is 4.79 Å². The molecule has 0 aliphatic heterocycles. The zero-order valence-corrected chi connectivity index (χ0v) is 12.8. The van der Waals surface area contributed by atoms with Gasteiger partial charge in [0.2, 0.25) is 5.91 Å². The highest BCUT2D eigenvalue weighted by Gasteiger charge is 2.06. The molecule has 0 atom stereocenters. The molecule has 2 rings (SSSR count). The molecule has 0 aliphatic rings. The Balaban J connectivity index is 1.79. The van der Waals surface area contributed by atoms with E-state index in [2.05, 4.69) is 16.0 Å². The zero-order chi connectivity index (χ0) is 15.9. The molecular formula is C16H16ClN3O2. The minimum Gasteiger partial charge on any atom is -0.329 e. The third-order valence-corrected chi connectivity index (χ3v) is 3.03. The van der Waals surface area contributed by atoms with Gasteiger partial charge < -0.3 is 16.0 Å². The highest BCUT2D eigenvalue weighted by Crippen LogP contribution is 2.14. The van der Waals surface area contributed by atoms with Crippen molar-refractivity contribution in [3.63, 3.8) is 0 Å². The van der Waals surface area contributed by atoms with Crippen LogP contribution in [0, 0.1) is 6.92 Å². The predicted octanol–water partition coefficient (Wildman–Crippen LogP) is 3.41. The number of carbonyl (C=O) groups excluding carboxylic acids is 2. The summed E-state index contributed by atoms with van der Waals surface area (Å²) in [5.41, 5.74) is 2.30. The van der Waals surface area contributed by atoms with Gasteiger partial charge >= 0.3 is 6.03 Å². The molecule has 0 fully saturated rings. The molecule has 3 N–H and O–H groups in total. The van der Waals surface area contributed by atoms with Crippen LogP contribution in [0.4, 0.5) is 16.2 Å². The number of hydrogen-bond donors (Lipinski definition) is 3. The van der Waals surface area contributed by atoms with Gasteiger partial charge in [0.25, 0.3) is 0 Å². The molecule has 2 aromatic carbocycles. The monoisotopic (exact) mass is 317 g/mol. The number of amides is 3. The average molecular weight is 318 g/mol. The van der Waals surface area contributed by atoms with Gasteiger partial charge in [-0.1, -0.05) is 29.8 Å². The Bertz CT molecular complexity index is 629. The predicted molar refractivity (Wildman–Crippen MR) is 88.3 cm³/mol. The first-order valence-corrected chi connectivity index (χ1v) is 7.08. The normalized spacial score (nSPS) is 9.91. The number of hydrogen-bond acceptors (Lipinski definition) is 2. The van der Waals surface area contributed by atoms with Gasteiger partial charge in [-0.15, -0.1) is 0 Å². The summed E-state index contributed by atoms with van der Waals surface area (Å²) in [5.74, 6) is -0.299.